The molecule has 2 amide bonds. The molecule has 1 aliphatic rings. The number of likely N-dealkylation sites (tertiary alicyclic amines) is 1. The highest BCUT2D eigenvalue weighted by Crippen LogP contribution is 2.15. The molecule has 3 rings (SSSR count). The van der Waals surface area contributed by atoms with Gasteiger partial charge in [0.15, 0.2) is 0 Å². The molecule has 0 bridgehead atoms. The van der Waals surface area contributed by atoms with Crippen molar-refractivity contribution in [2.24, 2.45) is 0 Å². The molecule has 0 radical (unpaired) electrons. The summed E-state index contributed by atoms with van der Waals surface area (Å²) in [5, 5.41) is 2.80. The van der Waals surface area contributed by atoms with Crippen molar-refractivity contribution in [1.82, 2.24) is 10.2 Å². The van der Waals surface area contributed by atoms with Gasteiger partial charge in [0.05, 0.1) is 0 Å². The molecule has 0 spiro atoms. The van der Waals surface area contributed by atoms with Crippen LogP contribution in [-0.4, -0.2) is 35.8 Å². The van der Waals surface area contributed by atoms with Crippen LogP contribution in [0.5, 0.6) is 5.75 Å². The van der Waals surface area contributed by atoms with Crippen molar-refractivity contribution in [3.8, 4) is 5.75 Å². The highest BCUT2D eigenvalue weighted by molar-refractivity contribution is 5.97. The number of amides is 2. The average molecular weight is 366 g/mol. The number of hydrogen-bond donors (Lipinski definition) is 1. The van der Waals surface area contributed by atoms with Crippen molar-refractivity contribution in [3.05, 3.63) is 65.7 Å². The van der Waals surface area contributed by atoms with E-state index in [0.29, 0.717) is 17.9 Å². The van der Waals surface area contributed by atoms with Gasteiger partial charge in [0.2, 0.25) is 5.91 Å². The number of nitrogens with zero attached hydrogens (tertiary/aromatic N) is 1. The van der Waals surface area contributed by atoms with Crippen LogP contribution >= 0.6 is 0 Å². The summed E-state index contributed by atoms with van der Waals surface area (Å²) in [7, 11) is 0. The van der Waals surface area contributed by atoms with E-state index in [-0.39, 0.29) is 11.8 Å². The van der Waals surface area contributed by atoms with Crippen molar-refractivity contribution >= 4 is 11.8 Å². The maximum absolute atomic E-state index is 12.4. The topological polar surface area (TPSA) is 58.6 Å². The number of piperidine rings is 1. The lowest BCUT2D eigenvalue weighted by atomic mass is 10.1. The third kappa shape index (κ3) is 5.33. The van der Waals surface area contributed by atoms with E-state index >= 15 is 0 Å². The second-order valence-corrected chi connectivity index (χ2v) is 6.88. The molecule has 1 saturated heterocycles. The smallest absolute Gasteiger partial charge is 0.251 e. The van der Waals surface area contributed by atoms with Crippen LogP contribution < -0.4 is 10.1 Å². The van der Waals surface area contributed by atoms with Gasteiger partial charge in [0, 0.05) is 18.7 Å². The van der Waals surface area contributed by atoms with Gasteiger partial charge >= 0.3 is 0 Å². The molecule has 0 aromatic heterocycles. The van der Waals surface area contributed by atoms with Gasteiger partial charge in [0.1, 0.15) is 18.4 Å². The van der Waals surface area contributed by atoms with Crippen LogP contribution in [0.3, 0.4) is 0 Å². The fourth-order valence-electron chi connectivity index (χ4n) is 3.17. The maximum Gasteiger partial charge on any atom is 0.251 e. The highest BCUT2D eigenvalue weighted by atomic mass is 16.5. The van der Waals surface area contributed by atoms with Crippen LogP contribution in [0.25, 0.3) is 0 Å². The molecule has 5 heteroatoms. The molecule has 1 aliphatic heterocycles. The largest absolute Gasteiger partial charge is 0.489 e. The number of rotatable bonds is 6. The number of nitrogens with one attached hydrogen (secondary N) is 1. The average Bonchev–Trinajstić information content (AvgIpc) is 2.73. The monoisotopic (exact) mass is 366 g/mol. The van der Waals surface area contributed by atoms with E-state index < -0.39 is 6.04 Å². The van der Waals surface area contributed by atoms with Crippen molar-refractivity contribution in [3.63, 3.8) is 0 Å². The summed E-state index contributed by atoms with van der Waals surface area (Å²) in [6.45, 7) is 3.79. The Morgan fingerprint density at radius 3 is 2.33 bits per heavy atom. The Kier molecular flexibility index (Phi) is 6.47. The molecule has 1 atom stereocenters. The van der Waals surface area contributed by atoms with Crippen molar-refractivity contribution in [2.75, 3.05) is 13.1 Å². The Hall–Kier alpha value is -2.82. The third-order valence-corrected chi connectivity index (χ3v) is 4.75. The fraction of sp³-hybridized carbons (Fsp3) is 0.364. The van der Waals surface area contributed by atoms with E-state index in [0.717, 1.165) is 31.5 Å². The van der Waals surface area contributed by atoms with E-state index in [9.17, 15) is 9.59 Å². The van der Waals surface area contributed by atoms with E-state index in [1.54, 1.807) is 31.2 Å². The first-order valence-electron chi connectivity index (χ1n) is 9.50. The molecule has 1 fully saturated rings. The summed E-state index contributed by atoms with van der Waals surface area (Å²) in [6, 6.07) is 16.4. The van der Waals surface area contributed by atoms with Gasteiger partial charge in [-0.1, -0.05) is 30.3 Å². The fourth-order valence-corrected chi connectivity index (χ4v) is 3.17. The Morgan fingerprint density at radius 1 is 1.00 bits per heavy atom. The lowest BCUT2D eigenvalue weighted by molar-refractivity contribution is -0.133. The molecule has 1 heterocycles. The molecule has 0 aliphatic carbocycles. The zero-order valence-corrected chi connectivity index (χ0v) is 15.7. The summed E-state index contributed by atoms with van der Waals surface area (Å²) < 4.78 is 5.73. The normalized spacial score (nSPS) is 15.1. The second-order valence-electron chi connectivity index (χ2n) is 6.88. The third-order valence-electron chi connectivity index (χ3n) is 4.75. The summed E-state index contributed by atoms with van der Waals surface area (Å²) in [4.78, 5) is 26.7. The molecule has 2 aromatic carbocycles. The van der Waals surface area contributed by atoms with E-state index in [2.05, 4.69) is 5.32 Å². The van der Waals surface area contributed by atoms with Crippen molar-refractivity contribution < 1.29 is 14.3 Å². The van der Waals surface area contributed by atoms with Gasteiger partial charge < -0.3 is 15.0 Å². The molecule has 2 aromatic rings. The maximum atomic E-state index is 12.4. The molecule has 142 valence electrons. The van der Waals surface area contributed by atoms with E-state index in [1.165, 1.54) is 6.42 Å². The second kappa shape index (κ2) is 9.21. The predicted molar refractivity (Wildman–Crippen MR) is 105 cm³/mol. The number of benzene rings is 2. The number of carbonyl (C=O) groups is 2. The first-order chi connectivity index (χ1) is 13.1. The van der Waals surface area contributed by atoms with Crippen LogP contribution in [0.2, 0.25) is 0 Å². The molecular weight excluding hydrogens is 340 g/mol. The number of hydrogen-bond acceptors (Lipinski definition) is 3. The van der Waals surface area contributed by atoms with Crippen LogP contribution in [0.15, 0.2) is 54.6 Å². The summed E-state index contributed by atoms with van der Waals surface area (Å²) in [5.41, 5.74) is 1.60. The van der Waals surface area contributed by atoms with Crippen LogP contribution in [-0.2, 0) is 11.4 Å². The van der Waals surface area contributed by atoms with Crippen LogP contribution in [0, 0.1) is 0 Å². The molecule has 27 heavy (non-hydrogen) atoms. The molecular formula is C22H26N2O3. The number of ether oxygens (including phenoxy) is 1. The highest BCUT2D eigenvalue weighted by Gasteiger charge is 2.23. The molecule has 1 N–H and O–H groups in total. The minimum Gasteiger partial charge on any atom is -0.489 e. The minimum atomic E-state index is -0.524. The van der Waals surface area contributed by atoms with Crippen molar-refractivity contribution in [2.45, 2.75) is 38.8 Å². The molecule has 1 unspecified atom stereocenters. The van der Waals surface area contributed by atoms with Gasteiger partial charge in [-0.15, -0.1) is 0 Å². The summed E-state index contributed by atoms with van der Waals surface area (Å²) in [5.74, 6) is 0.446. The lowest BCUT2D eigenvalue weighted by Gasteiger charge is -2.29. The van der Waals surface area contributed by atoms with Gasteiger partial charge in [-0.2, -0.15) is 0 Å². The minimum absolute atomic E-state index is 0.00846. The van der Waals surface area contributed by atoms with E-state index in [1.807, 2.05) is 35.2 Å². The number of carbonyl (C=O) groups excluding carboxylic acids is 2. The van der Waals surface area contributed by atoms with Crippen LogP contribution in [0.1, 0.15) is 42.1 Å². The first kappa shape index (κ1) is 19.0. The van der Waals surface area contributed by atoms with Crippen LogP contribution in [0.4, 0.5) is 0 Å². The van der Waals surface area contributed by atoms with Gasteiger partial charge in [0.25, 0.3) is 5.91 Å². The zero-order valence-electron chi connectivity index (χ0n) is 15.7. The van der Waals surface area contributed by atoms with Gasteiger partial charge in [-0.3, -0.25) is 9.59 Å². The SMILES string of the molecule is CC(NC(=O)c1ccc(OCc2ccccc2)cc1)C(=O)N1CCCCC1. The van der Waals surface area contributed by atoms with E-state index in [4.69, 9.17) is 4.74 Å². The first-order valence-corrected chi connectivity index (χ1v) is 9.50. The molecule has 5 nitrogen and oxygen atoms in total. The Balaban J connectivity index is 1.51. The summed E-state index contributed by atoms with van der Waals surface area (Å²) in [6.07, 6.45) is 3.25. The molecule has 0 saturated carbocycles. The Bertz CT molecular complexity index is 753. The Labute approximate surface area is 160 Å². The quantitative estimate of drug-likeness (QED) is 0.852. The lowest BCUT2D eigenvalue weighted by Crippen LogP contribution is -2.48. The summed E-state index contributed by atoms with van der Waals surface area (Å²) >= 11 is 0. The van der Waals surface area contributed by atoms with Crippen molar-refractivity contribution in [1.29, 1.82) is 0 Å². The van der Waals surface area contributed by atoms with Gasteiger partial charge in [-0.05, 0) is 56.0 Å². The standard InChI is InChI=1S/C22H26N2O3/c1-17(22(26)24-14-6-3-7-15-24)23-21(25)19-10-12-20(13-11-19)27-16-18-8-4-2-5-9-18/h2,4-5,8-13,17H,3,6-7,14-16H2,1H3,(H,23,25). The van der Waals surface area contributed by atoms with Gasteiger partial charge in [-0.25, -0.2) is 0 Å². The zero-order chi connectivity index (χ0) is 19.1. The Morgan fingerprint density at radius 2 is 1.67 bits per heavy atom. The predicted octanol–water partition coefficient (Wildman–Crippen LogP) is 3.40.